The maximum Gasteiger partial charge on any atom is 0.335 e. The average molecular weight is 296 g/mol. The molecule has 0 radical (unpaired) electrons. The first-order valence-electron chi connectivity index (χ1n) is 6.61. The number of carbonyl (C=O) groups excluding carboxylic acids is 1. The van der Waals surface area contributed by atoms with E-state index in [1.165, 1.54) is 17.0 Å². The molecular formula is C14H20N2O5. The zero-order valence-electron chi connectivity index (χ0n) is 12.0. The van der Waals surface area contributed by atoms with E-state index in [0.29, 0.717) is 13.0 Å². The number of carbonyl (C=O) groups is 2. The number of aromatic hydroxyl groups is 1. The topological polar surface area (TPSA) is 110 Å². The molecule has 0 bridgehead atoms. The Balaban J connectivity index is 2.83. The number of aromatic carboxylic acids is 1. The first-order chi connectivity index (χ1) is 9.86. The van der Waals surface area contributed by atoms with Crippen molar-refractivity contribution in [1.82, 2.24) is 4.90 Å². The number of rotatable bonds is 6. The van der Waals surface area contributed by atoms with Gasteiger partial charge in [-0.1, -0.05) is 0 Å². The lowest BCUT2D eigenvalue weighted by atomic mass is 10.2. The lowest BCUT2D eigenvalue weighted by molar-refractivity contribution is 0.0696. The smallest absolute Gasteiger partial charge is 0.335 e. The lowest BCUT2D eigenvalue weighted by Crippen LogP contribution is -2.41. The molecule has 1 aromatic carbocycles. The summed E-state index contributed by atoms with van der Waals surface area (Å²) in [5, 5.41) is 29.9. The number of amides is 2. The third-order valence-corrected chi connectivity index (χ3v) is 2.93. The molecular weight excluding hydrogens is 276 g/mol. The second-order valence-electron chi connectivity index (χ2n) is 4.83. The van der Waals surface area contributed by atoms with Crippen molar-refractivity contribution in [3.8, 4) is 5.75 Å². The minimum atomic E-state index is -1.16. The normalized spacial score (nSPS) is 10.5. The van der Waals surface area contributed by atoms with Crippen LogP contribution in [0.5, 0.6) is 5.75 Å². The highest BCUT2D eigenvalue weighted by molar-refractivity contribution is 5.93. The lowest BCUT2D eigenvalue weighted by Gasteiger charge is -2.26. The summed E-state index contributed by atoms with van der Waals surface area (Å²) in [4.78, 5) is 24.4. The molecule has 7 heteroatoms. The van der Waals surface area contributed by atoms with Crippen LogP contribution < -0.4 is 5.32 Å². The van der Waals surface area contributed by atoms with Gasteiger partial charge in [0.15, 0.2) is 0 Å². The van der Waals surface area contributed by atoms with Crippen molar-refractivity contribution in [2.45, 2.75) is 26.3 Å². The Morgan fingerprint density at radius 3 is 2.48 bits per heavy atom. The minimum Gasteiger partial charge on any atom is -0.506 e. The predicted molar refractivity (Wildman–Crippen MR) is 77.6 cm³/mol. The molecule has 0 aliphatic heterocycles. The highest BCUT2D eigenvalue weighted by atomic mass is 16.4. The average Bonchev–Trinajstić information content (AvgIpc) is 2.40. The summed E-state index contributed by atoms with van der Waals surface area (Å²) >= 11 is 0. The van der Waals surface area contributed by atoms with E-state index in [1.54, 1.807) is 0 Å². The van der Waals surface area contributed by atoms with Crippen LogP contribution in [-0.2, 0) is 0 Å². The third-order valence-electron chi connectivity index (χ3n) is 2.93. The first-order valence-corrected chi connectivity index (χ1v) is 6.61. The van der Waals surface area contributed by atoms with Gasteiger partial charge in [-0.2, -0.15) is 0 Å². The van der Waals surface area contributed by atoms with E-state index in [4.69, 9.17) is 10.2 Å². The molecule has 0 aromatic heterocycles. The number of carboxylic acid groups (broad SMARTS) is 1. The zero-order chi connectivity index (χ0) is 16.0. The Bertz CT molecular complexity index is 516. The van der Waals surface area contributed by atoms with Gasteiger partial charge in [0, 0.05) is 19.2 Å². The number of hydrogen-bond acceptors (Lipinski definition) is 4. The Kier molecular flexibility index (Phi) is 5.98. The predicted octanol–water partition coefficient (Wildman–Crippen LogP) is 1.72. The molecule has 0 aliphatic rings. The standard InChI is InChI=1S/C14H20N2O5/c1-9(2)16(6-3-7-17)14(21)15-11-5-4-10(13(19)20)8-12(11)18/h4-5,8-9,17-18H,3,6-7H2,1-2H3,(H,15,21)(H,19,20). The quantitative estimate of drug-likeness (QED) is 0.597. The molecule has 2 amide bonds. The molecule has 1 rings (SSSR count). The second-order valence-corrected chi connectivity index (χ2v) is 4.83. The van der Waals surface area contributed by atoms with Gasteiger partial charge in [0.2, 0.25) is 0 Å². The van der Waals surface area contributed by atoms with Crippen molar-refractivity contribution in [3.05, 3.63) is 23.8 Å². The van der Waals surface area contributed by atoms with Gasteiger partial charge in [-0.25, -0.2) is 9.59 Å². The van der Waals surface area contributed by atoms with Gasteiger partial charge in [-0.15, -0.1) is 0 Å². The van der Waals surface area contributed by atoms with Crippen LogP contribution in [0, 0.1) is 0 Å². The minimum absolute atomic E-state index is 0.0188. The number of phenols is 1. The molecule has 0 saturated carbocycles. The summed E-state index contributed by atoms with van der Waals surface area (Å²) in [5.41, 5.74) is 0.0751. The number of nitrogens with zero attached hydrogens (tertiary/aromatic N) is 1. The summed E-state index contributed by atoms with van der Waals surface area (Å²) < 4.78 is 0. The van der Waals surface area contributed by atoms with Gasteiger partial charge in [0.25, 0.3) is 0 Å². The van der Waals surface area contributed by atoms with Crippen LogP contribution in [-0.4, -0.2) is 51.4 Å². The summed E-state index contributed by atoms with van der Waals surface area (Å²) in [6.07, 6.45) is 0.454. The van der Waals surface area contributed by atoms with Crippen LogP contribution in [0.4, 0.5) is 10.5 Å². The number of benzene rings is 1. The molecule has 0 heterocycles. The van der Waals surface area contributed by atoms with Crippen molar-refractivity contribution >= 4 is 17.7 Å². The highest BCUT2D eigenvalue weighted by Gasteiger charge is 2.18. The summed E-state index contributed by atoms with van der Waals surface area (Å²) in [6, 6.07) is 3.21. The maximum atomic E-state index is 12.1. The van der Waals surface area contributed by atoms with Gasteiger partial charge in [-0.05, 0) is 38.5 Å². The van der Waals surface area contributed by atoms with E-state index < -0.39 is 12.0 Å². The van der Waals surface area contributed by atoms with E-state index in [1.807, 2.05) is 13.8 Å². The van der Waals surface area contributed by atoms with Gasteiger partial charge < -0.3 is 25.5 Å². The molecule has 0 saturated heterocycles. The Labute approximate surface area is 122 Å². The number of phenolic OH excluding ortho intramolecular Hbond substituents is 1. The highest BCUT2D eigenvalue weighted by Crippen LogP contribution is 2.24. The second kappa shape index (κ2) is 7.49. The van der Waals surface area contributed by atoms with E-state index in [9.17, 15) is 14.7 Å². The van der Waals surface area contributed by atoms with Crippen molar-refractivity contribution in [2.75, 3.05) is 18.5 Å². The van der Waals surface area contributed by atoms with Crippen molar-refractivity contribution in [1.29, 1.82) is 0 Å². The van der Waals surface area contributed by atoms with Gasteiger partial charge >= 0.3 is 12.0 Å². The Hall–Kier alpha value is -2.28. The van der Waals surface area contributed by atoms with Gasteiger partial charge in [-0.3, -0.25) is 0 Å². The summed E-state index contributed by atoms with van der Waals surface area (Å²) in [6.45, 7) is 4.04. The fourth-order valence-corrected chi connectivity index (χ4v) is 1.79. The number of aliphatic hydroxyl groups excluding tert-OH is 1. The molecule has 1 aromatic rings. The van der Waals surface area contributed by atoms with Crippen LogP contribution in [0.25, 0.3) is 0 Å². The van der Waals surface area contributed by atoms with E-state index in [0.717, 1.165) is 6.07 Å². The van der Waals surface area contributed by atoms with Crippen LogP contribution in [0.15, 0.2) is 18.2 Å². The summed E-state index contributed by atoms with van der Waals surface area (Å²) in [5.74, 6) is -1.47. The fourth-order valence-electron chi connectivity index (χ4n) is 1.79. The van der Waals surface area contributed by atoms with E-state index in [-0.39, 0.29) is 29.6 Å². The molecule has 4 N–H and O–H groups in total. The molecule has 0 atom stereocenters. The molecule has 7 nitrogen and oxygen atoms in total. The van der Waals surface area contributed by atoms with Crippen molar-refractivity contribution in [2.24, 2.45) is 0 Å². The molecule has 0 unspecified atom stereocenters. The number of nitrogens with one attached hydrogen (secondary N) is 1. The third kappa shape index (κ3) is 4.64. The number of hydrogen-bond donors (Lipinski definition) is 4. The molecule has 116 valence electrons. The van der Waals surface area contributed by atoms with Crippen LogP contribution in [0.3, 0.4) is 0 Å². The Morgan fingerprint density at radius 1 is 1.33 bits per heavy atom. The SMILES string of the molecule is CC(C)N(CCCO)C(=O)Nc1ccc(C(=O)O)cc1O. The maximum absolute atomic E-state index is 12.1. The molecule has 0 aliphatic carbocycles. The number of urea groups is 1. The monoisotopic (exact) mass is 296 g/mol. The van der Waals surface area contributed by atoms with Crippen LogP contribution >= 0.6 is 0 Å². The van der Waals surface area contributed by atoms with Crippen molar-refractivity contribution < 1.29 is 24.9 Å². The van der Waals surface area contributed by atoms with Gasteiger partial charge in [0.05, 0.1) is 11.3 Å². The Morgan fingerprint density at radius 2 is 2.00 bits per heavy atom. The van der Waals surface area contributed by atoms with Crippen molar-refractivity contribution in [3.63, 3.8) is 0 Å². The zero-order valence-corrected chi connectivity index (χ0v) is 12.0. The van der Waals surface area contributed by atoms with E-state index in [2.05, 4.69) is 5.32 Å². The van der Waals surface area contributed by atoms with Crippen LogP contribution in [0.2, 0.25) is 0 Å². The summed E-state index contributed by atoms with van der Waals surface area (Å²) in [7, 11) is 0. The number of carboxylic acids is 1. The molecule has 0 fully saturated rings. The first kappa shape index (κ1) is 16.8. The number of anilines is 1. The number of aliphatic hydroxyl groups is 1. The molecule has 21 heavy (non-hydrogen) atoms. The van der Waals surface area contributed by atoms with Gasteiger partial charge in [0.1, 0.15) is 5.75 Å². The van der Waals surface area contributed by atoms with Crippen LogP contribution in [0.1, 0.15) is 30.6 Å². The molecule has 0 spiro atoms. The van der Waals surface area contributed by atoms with E-state index >= 15 is 0 Å². The largest absolute Gasteiger partial charge is 0.506 e. The fraction of sp³-hybridized carbons (Fsp3) is 0.429.